The van der Waals surface area contributed by atoms with Crippen LogP contribution in [0.1, 0.15) is 18.4 Å². The summed E-state index contributed by atoms with van der Waals surface area (Å²) in [5.41, 5.74) is 0.749. The Morgan fingerprint density at radius 2 is 2.00 bits per heavy atom. The maximum atomic E-state index is 12.5. The molecule has 0 aromatic carbocycles. The molecule has 0 aliphatic carbocycles. The van der Waals surface area contributed by atoms with Gasteiger partial charge in [0, 0.05) is 23.6 Å². The molecule has 1 aromatic rings. The van der Waals surface area contributed by atoms with E-state index in [1.54, 1.807) is 13.0 Å². The first-order valence-electron chi connectivity index (χ1n) is 5.58. The molecule has 0 amide bonds. The lowest BCUT2D eigenvalue weighted by Crippen LogP contribution is -2.36. The number of rotatable bonds is 5. The van der Waals surface area contributed by atoms with Gasteiger partial charge in [0.2, 0.25) is 0 Å². The monoisotopic (exact) mass is 325 g/mol. The second kappa shape index (κ2) is 6.36. The van der Waals surface area contributed by atoms with Gasteiger partial charge in [-0.05, 0) is 13.3 Å². The van der Waals surface area contributed by atoms with E-state index in [9.17, 15) is 13.2 Å². The number of alkyl halides is 4. The average molecular weight is 326 g/mol. The van der Waals surface area contributed by atoms with Crippen molar-refractivity contribution in [3.8, 4) is 0 Å². The van der Waals surface area contributed by atoms with Crippen molar-refractivity contribution in [2.24, 2.45) is 0 Å². The average Bonchev–Trinajstić information content (AvgIpc) is 2.26. The summed E-state index contributed by atoms with van der Waals surface area (Å²) in [6.45, 7) is 2.84. The Bertz CT molecular complexity index is 396. The molecule has 0 saturated heterocycles. The summed E-state index contributed by atoms with van der Waals surface area (Å²) in [4.78, 5) is 9.45. The fourth-order valence-electron chi connectivity index (χ4n) is 1.55. The fourth-order valence-corrected chi connectivity index (χ4v) is 1.98. The summed E-state index contributed by atoms with van der Waals surface area (Å²) < 4.78 is 37.5. The minimum Gasteiger partial charge on any atom is -0.347 e. The second-order valence-corrected chi connectivity index (χ2v) is 4.64. The predicted molar refractivity (Wildman–Crippen MR) is 68.2 cm³/mol. The zero-order valence-electron chi connectivity index (χ0n) is 10.3. The molecule has 0 spiro atoms. The van der Waals surface area contributed by atoms with Crippen LogP contribution in [0.2, 0.25) is 0 Å². The van der Waals surface area contributed by atoms with Crippen LogP contribution >= 0.6 is 15.9 Å². The van der Waals surface area contributed by atoms with Gasteiger partial charge in [-0.2, -0.15) is 13.2 Å². The molecular weight excluding hydrogens is 311 g/mol. The third-order valence-electron chi connectivity index (χ3n) is 2.29. The topological polar surface area (TPSA) is 29.0 Å². The minimum absolute atomic E-state index is 0.249. The number of aromatic nitrogens is 2. The van der Waals surface area contributed by atoms with Gasteiger partial charge in [-0.15, -0.1) is 0 Å². The molecule has 0 N–H and O–H groups in total. The predicted octanol–water partition coefficient (Wildman–Crippen LogP) is 3.11. The summed E-state index contributed by atoms with van der Waals surface area (Å²) in [6, 6.07) is 1.61. The highest BCUT2D eigenvalue weighted by Gasteiger charge is 2.31. The summed E-state index contributed by atoms with van der Waals surface area (Å²) in [5, 5.41) is 0.452. The van der Waals surface area contributed by atoms with E-state index in [4.69, 9.17) is 0 Å². The summed E-state index contributed by atoms with van der Waals surface area (Å²) in [7, 11) is 0. The molecule has 102 valence electrons. The van der Waals surface area contributed by atoms with Gasteiger partial charge >= 0.3 is 6.18 Å². The Labute approximate surface area is 113 Å². The SMILES string of the molecule is CCc1cc(N(CCBr)CC(F)(F)F)nc(C)n1. The fraction of sp³-hybridized carbons (Fsp3) is 0.636. The molecular formula is C11H15BrF3N3. The van der Waals surface area contributed by atoms with Crippen LogP contribution < -0.4 is 4.90 Å². The van der Waals surface area contributed by atoms with E-state index in [2.05, 4.69) is 25.9 Å². The van der Waals surface area contributed by atoms with E-state index >= 15 is 0 Å². The maximum Gasteiger partial charge on any atom is 0.405 e. The Hall–Kier alpha value is -0.850. The first-order chi connectivity index (χ1) is 8.35. The van der Waals surface area contributed by atoms with Gasteiger partial charge < -0.3 is 4.90 Å². The Morgan fingerprint density at radius 1 is 1.33 bits per heavy atom. The number of nitrogens with zero attached hydrogens (tertiary/aromatic N) is 3. The van der Waals surface area contributed by atoms with Crippen molar-refractivity contribution in [2.75, 3.05) is 23.3 Å². The van der Waals surface area contributed by atoms with E-state index < -0.39 is 12.7 Å². The molecule has 0 atom stereocenters. The van der Waals surface area contributed by atoms with Gasteiger partial charge in [-0.3, -0.25) is 0 Å². The highest BCUT2D eigenvalue weighted by molar-refractivity contribution is 9.09. The van der Waals surface area contributed by atoms with Gasteiger partial charge in [0.1, 0.15) is 18.2 Å². The molecule has 0 aliphatic rings. The standard InChI is InChI=1S/C11H15BrF3N3/c1-3-9-6-10(17-8(2)16-9)18(5-4-12)7-11(13,14)15/h6H,3-5,7H2,1-2H3. The van der Waals surface area contributed by atoms with Gasteiger partial charge in [-0.1, -0.05) is 22.9 Å². The van der Waals surface area contributed by atoms with Crippen molar-refractivity contribution in [2.45, 2.75) is 26.4 Å². The van der Waals surface area contributed by atoms with Crippen LogP contribution in [0.3, 0.4) is 0 Å². The molecule has 3 nitrogen and oxygen atoms in total. The first kappa shape index (κ1) is 15.2. The molecule has 0 aliphatic heterocycles. The Morgan fingerprint density at radius 3 is 2.50 bits per heavy atom. The highest BCUT2D eigenvalue weighted by Crippen LogP contribution is 2.21. The lowest BCUT2D eigenvalue weighted by Gasteiger charge is -2.24. The zero-order valence-corrected chi connectivity index (χ0v) is 11.8. The van der Waals surface area contributed by atoms with Crippen molar-refractivity contribution >= 4 is 21.7 Å². The van der Waals surface area contributed by atoms with Gasteiger partial charge in [0.25, 0.3) is 0 Å². The molecule has 0 bridgehead atoms. The minimum atomic E-state index is -4.24. The van der Waals surface area contributed by atoms with Crippen LogP contribution in [0.4, 0.5) is 19.0 Å². The lowest BCUT2D eigenvalue weighted by molar-refractivity contribution is -0.119. The van der Waals surface area contributed by atoms with Crippen LogP contribution in [-0.4, -0.2) is 34.6 Å². The molecule has 0 saturated carbocycles. The van der Waals surface area contributed by atoms with Crippen molar-refractivity contribution in [1.82, 2.24) is 9.97 Å². The van der Waals surface area contributed by atoms with Gasteiger partial charge in [0.15, 0.2) is 0 Å². The quantitative estimate of drug-likeness (QED) is 0.779. The van der Waals surface area contributed by atoms with E-state index in [1.165, 1.54) is 4.90 Å². The van der Waals surface area contributed by atoms with Gasteiger partial charge in [0.05, 0.1) is 0 Å². The van der Waals surface area contributed by atoms with E-state index in [-0.39, 0.29) is 6.54 Å². The third-order valence-corrected chi connectivity index (χ3v) is 2.64. The second-order valence-electron chi connectivity index (χ2n) is 3.84. The lowest BCUT2D eigenvalue weighted by atomic mass is 10.3. The summed E-state index contributed by atoms with van der Waals surface area (Å²) >= 11 is 3.16. The van der Waals surface area contributed by atoms with Crippen molar-refractivity contribution < 1.29 is 13.2 Å². The van der Waals surface area contributed by atoms with Crippen molar-refractivity contribution in [3.05, 3.63) is 17.6 Å². The number of hydrogen-bond donors (Lipinski definition) is 0. The molecule has 1 aromatic heterocycles. The normalized spacial score (nSPS) is 11.7. The zero-order chi connectivity index (χ0) is 13.8. The molecule has 1 heterocycles. The number of hydrogen-bond acceptors (Lipinski definition) is 3. The van der Waals surface area contributed by atoms with E-state index in [0.29, 0.717) is 23.4 Å². The first-order valence-corrected chi connectivity index (χ1v) is 6.70. The molecule has 0 fully saturated rings. The maximum absolute atomic E-state index is 12.5. The van der Waals surface area contributed by atoms with Crippen LogP contribution in [0, 0.1) is 6.92 Å². The molecule has 7 heteroatoms. The molecule has 18 heavy (non-hydrogen) atoms. The van der Waals surface area contributed by atoms with Crippen LogP contribution in [-0.2, 0) is 6.42 Å². The van der Waals surface area contributed by atoms with Crippen molar-refractivity contribution in [3.63, 3.8) is 0 Å². The third kappa shape index (κ3) is 4.80. The molecule has 0 radical (unpaired) electrons. The van der Waals surface area contributed by atoms with Crippen LogP contribution in [0.5, 0.6) is 0 Å². The Balaban J connectivity index is 3.01. The smallest absolute Gasteiger partial charge is 0.347 e. The van der Waals surface area contributed by atoms with E-state index in [0.717, 1.165) is 5.69 Å². The molecule has 1 rings (SSSR count). The number of anilines is 1. The number of aryl methyl sites for hydroxylation is 2. The summed E-state index contributed by atoms with van der Waals surface area (Å²) in [6.07, 6.45) is -3.57. The molecule has 0 unspecified atom stereocenters. The van der Waals surface area contributed by atoms with Gasteiger partial charge in [-0.25, -0.2) is 9.97 Å². The Kier molecular flexibility index (Phi) is 5.37. The van der Waals surface area contributed by atoms with Crippen LogP contribution in [0.25, 0.3) is 0 Å². The van der Waals surface area contributed by atoms with Crippen molar-refractivity contribution in [1.29, 1.82) is 0 Å². The van der Waals surface area contributed by atoms with Crippen LogP contribution in [0.15, 0.2) is 6.07 Å². The van der Waals surface area contributed by atoms with E-state index in [1.807, 2.05) is 6.92 Å². The summed E-state index contributed by atoms with van der Waals surface area (Å²) in [5.74, 6) is 0.822. The largest absolute Gasteiger partial charge is 0.405 e. The number of halogens is 4. The highest BCUT2D eigenvalue weighted by atomic mass is 79.9.